The number of carbonyl (C=O) groups is 1. The molecule has 0 atom stereocenters. The van der Waals surface area contributed by atoms with E-state index in [9.17, 15) is 4.79 Å². The maximum atomic E-state index is 12.1. The number of amides is 1. The molecule has 0 saturated heterocycles. The number of thioether (sulfide) groups is 1. The fourth-order valence-corrected chi connectivity index (χ4v) is 3.59. The van der Waals surface area contributed by atoms with Gasteiger partial charge in [-0.3, -0.25) is 10.1 Å². The number of ether oxygens (including phenoxy) is 3. The molecule has 0 radical (unpaired) electrons. The Morgan fingerprint density at radius 3 is 2.37 bits per heavy atom. The van der Waals surface area contributed by atoms with Gasteiger partial charge in [-0.25, -0.2) is 0 Å². The molecular formula is C21H23N3O5S. The second kappa shape index (κ2) is 10.5. The van der Waals surface area contributed by atoms with Crippen LogP contribution in [0.25, 0.3) is 11.5 Å². The minimum absolute atomic E-state index is 0.0412. The van der Waals surface area contributed by atoms with Gasteiger partial charge >= 0.3 is 6.01 Å². The molecule has 1 N–H and O–H groups in total. The minimum Gasteiger partial charge on any atom is -0.493 e. The molecule has 0 aliphatic heterocycles. The third-order valence-corrected chi connectivity index (χ3v) is 5.24. The molecule has 0 aliphatic rings. The third-order valence-electron chi connectivity index (χ3n) is 4.14. The fraction of sp³-hybridized carbons (Fsp3) is 0.286. The van der Waals surface area contributed by atoms with Gasteiger partial charge in [0.2, 0.25) is 17.5 Å². The number of hydrogen-bond acceptors (Lipinski definition) is 8. The monoisotopic (exact) mass is 429 g/mol. The zero-order chi connectivity index (χ0) is 21.3. The van der Waals surface area contributed by atoms with Crippen molar-refractivity contribution in [2.45, 2.75) is 17.7 Å². The lowest BCUT2D eigenvalue weighted by molar-refractivity contribution is -0.116. The Morgan fingerprint density at radius 2 is 1.73 bits per heavy atom. The van der Waals surface area contributed by atoms with Crippen molar-refractivity contribution in [1.29, 1.82) is 0 Å². The van der Waals surface area contributed by atoms with E-state index in [1.54, 1.807) is 23.9 Å². The average Bonchev–Trinajstić information content (AvgIpc) is 3.24. The number of carbonyl (C=O) groups excluding carboxylic acids is 1. The number of hydrogen-bond donors (Lipinski definition) is 1. The Bertz CT molecular complexity index is 953. The molecule has 0 fully saturated rings. The van der Waals surface area contributed by atoms with E-state index in [4.69, 9.17) is 18.6 Å². The van der Waals surface area contributed by atoms with Crippen molar-refractivity contribution in [3.63, 3.8) is 0 Å². The molecule has 1 aromatic heterocycles. The van der Waals surface area contributed by atoms with Crippen LogP contribution in [0.3, 0.4) is 0 Å². The van der Waals surface area contributed by atoms with Crippen LogP contribution in [0.4, 0.5) is 6.01 Å². The second-order valence-electron chi connectivity index (χ2n) is 6.14. The third kappa shape index (κ3) is 5.44. The van der Waals surface area contributed by atoms with Crippen molar-refractivity contribution in [3.8, 4) is 28.7 Å². The Balaban J connectivity index is 1.57. The molecule has 158 valence electrons. The molecule has 1 heterocycles. The zero-order valence-electron chi connectivity index (χ0n) is 17.0. The van der Waals surface area contributed by atoms with E-state index in [0.717, 1.165) is 12.2 Å². The largest absolute Gasteiger partial charge is 0.493 e. The molecule has 3 rings (SSSR count). The molecule has 30 heavy (non-hydrogen) atoms. The lowest BCUT2D eigenvalue weighted by Gasteiger charge is -2.12. The molecule has 9 heteroatoms. The van der Waals surface area contributed by atoms with Crippen LogP contribution >= 0.6 is 11.8 Å². The summed E-state index contributed by atoms with van der Waals surface area (Å²) in [4.78, 5) is 13.3. The van der Waals surface area contributed by atoms with Gasteiger partial charge in [0, 0.05) is 16.9 Å². The Labute approximate surface area is 178 Å². The van der Waals surface area contributed by atoms with E-state index in [1.165, 1.54) is 26.2 Å². The van der Waals surface area contributed by atoms with Gasteiger partial charge in [0.15, 0.2) is 11.5 Å². The summed E-state index contributed by atoms with van der Waals surface area (Å²) in [5.41, 5.74) is 0.580. The molecule has 0 saturated carbocycles. The highest BCUT2D eigenvalue weighted by Crippen LogP contribution is 2.41. The standard InChI is InChI=1S/C21H23N3O5S/c1-26-16-12-14(13-17(27-2)19(16)28-3)20-23-24-21(29-20)22-18(25)10-7-11-30-15-8-5-4-6-9-15/h4-6,8-9,12-13H,7,10-11H2,1-3H3,(H,22,24,25). The first-order valence-corrected chi connectivity index (χ1v) is 10.2. The Hall–Kier alpha value is -3.20. The summed E-state index contributed by atoms with van der Waals surface area (Å²) >= 11 is 1.71. The summed E-state index contributed by atoms with van der Waals surface area (Å²) in [7, 11) is 4.58. The fourth-order valence-electron chi connectivity index (χ4n) is 2.72. The van der Waals surface area contributed by atoms with E-state index in [0.29, 0.717) is 29.2 Å². The Morgan fingerprint density at radius 1 is 1.03 bits per heavy atom. The minimum atomic E-state index is -0.177. The molecule has 0 unspecified atom stereocenters. The number of anilines is 1. The number of nitrogens with one attached hydrogen (secondary N) is 1. The van der Waals surface area contributed by atoms with Gasteiger partial charge in [-0.1, -0.05) is 23.3 Å². The van der Waals surface area contributed by atoms with Gasteiger partial charge in [-0.05, 0) is 36.4 Å². The van der Waals surface area contributed by atoms with E-state index in [2.05, 4.69) is 15.5 Å². The van der Waals surface area contributed by atoms with Crippen molar-refractivity contribution >= 4 is 23.7 Å². The van der Waals surface area contributed by atoms with Gasteiger partial charge in [-0.2, -0.15) is 0 Å². The molecule has 2 aromatic carbocycles. The first-order chi connectivity index (χ1) is 14.6. The molecule has 1 amide bonds. The van der Waals surface area contributed by atoms with Crippen molar-refractivity contribution in [1.82, 2.24) is 10.2 Å². The van der Waals surface area contributed by atoms with Crippen LogP contribution in [0.1, 0.15) is 12.8 Å². The van der Waals surface area contributed by atoms with Crippen molar-refractivity contribution < 1.29 is 23.4 Å². The van der Waals surface area contributed by atoms with Crippen LogP contribution in [-0.4, -0.2) is 43.2 Å². The van der Waals surface area contributed by atoms with Gasteiger partial charge < -0.3 is 18.6 Å². The number of rotatable bonds is 10. The predicted molar refractivity (Wildman–Crippen MR) is 114 cm³/mol. The van der Waals surface area contributed by atoms with Crippen LogP contribution in [0.2, 0.25) is 0 Å². The predicted octanol–water partition coefficient (Wildman–Crippen LogP) is 4.27. The second-order valence-corrected chi connectivity index (χ2v) is 7.31. The number of methoxy groups -OCH3 is 3. The summed E-state index contributed by atoms with van der Waals surface area (Å²) in [6.07, 6.45) is 1.10. The summed E-state index contributed by atoms with van der Waals surface area (Å²) in [5.74, 6) is 2.29. The highest BCUT2D eigenvalue weighted by molar-refractivity contribution is 7.99. The van der Waals surface area contributed by atoms with Crippen molar-refractivity contribution in [2.75, 3.05) is 32.4 Å². The van der Waals surface area contributed by atoms with Gasteiger partial charge in [0.1, 0.15) is 0 Å². The summed E-state index contributed by atoms with van der Waals surface area (Å²) in [6, 6.07) is 13.5. The quantitative estimate of drug-likeness (QED) is 0.377. The van der Waals surface area contributed by atoms with Crippen LogP contribution in [0, 0.1) is 0 Å². The van der Waals surface area contributed by atoms with Gasteiger partial charge in [0.05, 0.1) is 21.3 Å². The molecule has 0 bridgehead atoms. The topological polar surface area (TPSA) is 95.7 Å². The highest BCUT2D eigenvalue weighted by atomic mass is 32.2. The maximum Gasteiger partial charge on any atom is 0.322 e. The first kappa shape index (κ1) is 21.5. The molecule has 0 aliphatic carbocycles. The Kier molecular flexibility index (Phi) is 7.56. The summed E-state index contributed by atoms with van der Waals surface area (Å²) < 4.78 is 21.5. The summed E-state index contributed by atoms with van der Waals surface area (Å²) in [6.45, 7) is 0. The maximum absolute atomic E-state index is 12.1. The van der Waals surface area contributed by atoms with E-state index in [-0.39, 0.29) is 17.8 Å². The van der Waals surface area contributed by atoms with Crippen LogP contribution in [-0.2, 0) is 4.79 Å². The normalized spacial score (nSPS) is 10.5. The van der Waals surface area contributed by atoms with Gasteiger partial charge in [0.25, 0.3) is 0 Å². The number of benzene rings is 2. The van der Waals surface area contributed by atoms with Crippen LogP contribution < -0.4 is 19.5 Å². The lowest BCUT2D eigenvalue weighted by atomic mass is 10.2. The molecule has 3 aromatic rings. The summed E-state index contributed by atoms with van der Waals surface area (Å²) in [5, 5.41) is 10.5. The van der Waals surface area contributed by atoms with E-state index in [1.807, 2.05) is 30.3 Å². The first-order valence-electron chi connectivity index (χ1n) is 9.26. The highest BCUT2D eigenvalue weighted by Gasteiger charge is 2.18. The van der Waals surface area contributed by atoms with Crippen LogP contribution in [0.15, 0.2) is 51.8 Å². The van der Waals surface area contributed by atoms with Crippen molar-refractivity contribution in [3.05, 3.63) is 42.5 Å². The van der Waals surface area contributed by atoms with Gasteiger partial charge in [-0.15, -0.1) is 16.9 Å². The molecule has 0 spiro atoms. The SMILES string of the molecule is COc1cc(-c2nnc(NC(=O)CCCSc3ccccc3)o2)cc(OC)c1OC. The van der Waals surface area contributed by atoms with E-state index >= 15 is 0 Å². The number of nitrogens with zero attached hydrogens (tertiary/aromatic N) is 2. The lowest BCUT2D eigenvalue weighted by Crippen LogP contribution is -2.11. The smallest absolute Gasteiger partial charge is 0.322 e. The van der Waals surface area contributed by atoms with Crippen molar-refractivity contribution in [2.24, 2.45) is 0 Å². The molecule has 8 nitrogen and oxygen atoms in total. The van der Waals surface area contributed by atoms with Crippen LogP contribution in [0.5, 0.6) is 17.2 Å². The average molecular weight is 429 g/mol. The zero-order valence-corrected chi connectivity index (χ0v) is 17.8. The number of aromatic nitrogens is 2. The molecular weight excluding hydrogens is 406 g/mol. The van der Waals surface area contributed by atoms with E-state index < -0.39 is 0 Å².